The number of hydrogen-bond acceptors (Lipinski definition) is 3. The zero-order chi connectivity index (χ0) is 12.3. The predicted molar refractivity (Wildman–Crippen MR) is 73.3 cm³/mol. The van der Waals surface area contributed by atoms with E-state index >= 15 is 0 Å². The van der Waals surface area contributed by atoms with Crippen molar-refractivity contribution < 1.29 is 4.79 Å². The lowest BCUT2D eigenvalue weighted by Crippen LogP contribution is -2.48. The number of rotatable bonds is 2. The van der Waals surface area contributed by atoms with Gasteiger partial charge in [-0.05, 0) is 34.2 Å². The van der Waals surface area contributed by atoms with Crippen LogP contribution in [0.1, 0.15) is 5.56 Å². The molecule has 86 valence electrons. The number of halogens is 1. The largest absolute Gasteiger partial charge is 0.352 e. The smallest absolute Gasteiger partial charge is 0.264 e. The van der Waals surface area contributed by atoms with Gasteiger partial charge in [0.15, 0.2) is 0 Å². The van der Waals surface area contributed by atoms with E-state index in [1.165, 1.54) is 7.05 Å². The fourth-order valence-corrected chi connectivity index (χ4v) is 1.99. The highest BCUT2D eigenvalue weighted by Gasteiger charge is 2.17. The monoisotopic (exact) mass is 332 g/mol. The van der Waals surface area contributed by atoms with Crippen molar-refractivity contribution in [3.05, 3.63) is 33.9 Å². The van der Waals surface area contributed by atoms with Crippen molar-refractivity contribution in [1.82, 2.24) is 5.01 Å². The van der Waals surface area contributed by atoms with Crippen molar-refractivity contribution >= 4 is 40.4 Å². The number of nitrogens with two attached hydrogens (primary N) is 2. The molecule has 4 N–H and O–H groups in total. The molecule has 0 atom stereocenters. The predicted octanol–water partition coefficient (Wildman–Crippen LogP) is 1.54. The molecule has 0 spiro atoms. The zero-order valence-electron chi connectivity index (χ0n) is 8.85. The Balaban J connectivity index is 3.14. The first-order chi connectivity index (χ1) is 7.49. The van der Waals surface area contributed by atoms with Crippen molar-refractivity contribution in [3.8, 4) is 0 Å². The van der Waals surface area contributed by atoms with Gasteiger partial charge in [0.25, 0.3) is 0 Å². The van der Waals surface area contributed by atoms with Gasteiger partial charge in [-0.1, -0.05) is 24.8 Å². The second kappa shape index (κ2) is 5.28. The molecule has 0 saturated heterocycles. The van der Waals surface area contributed by atoms with Crippen molar-refractivity contribution in [2.45, 2.75) is 0 Å². The van der Waals surface area contributed by atoms with Crippen molar-refractivity contribution in [3.63, 3.8) is 0 Å². The summed E-state index contributed by atoms with van der Waals surface area (Å²) in [5.41, 5.74) is 1.52. The Bertz CT molecular complexity index is 419. The van der Waals surface area contributed by atoms with E-state index in [0.717, 1.165) is 19.2 Å². The number of carbonyl (C=O) groups is 1. The molecular formula is C10H13IN4O. The minimum atomic E-state index is -0.487. The molecule has 2 amide bonds. The molecule has 0 radical (unpaired) electrons. The van der Waals surface area contributed by atoms with Crippen LogP contribution in [0.4, 0.5) is 10.5 Å². The van der Waals surface area contributed by atoms with Crippen molar-refractivity contribution in [2.75, 3.05) is 12.1 Å². The Morgan fingerprint density at radius 3 is 2.62 bits per heavy atom. The maximum absolute atomic E-state index is 11.6. The van der Waals surface area contributed by atoms with Gasteiger partial charge in [-0.2, -0.15) is 0 Å². The molecule has 0 aromatic heterocycles. The summed E-state index contributed by atoms with van der Waals surface area (Å²) >= 11 is 2.11. The van der Waals surface area contributed by atoms with E-state index in [9.17, 15) is 4.79 Å². The zero-order valence-corrected chi connectivity index (χ0v) is 11.0. The van der Waals surface area contributed by atoms with Crippen molar-refractivity contribution in [1.29, 1.82) is 0 Å². The number of nitrogens with zero attached hydrogens (tertiary/aromatic N) is 2. The number of anilines is 1. The van der Waals surface area contributed by atoms with E-state index in [4.69, 9.17) is 11.7 Å². The minimum Gasteiger partial charge on any atom is -0.264 e. The topological polar surface area (TPSA) is 75.6 Å². The molecule has 6 heteroatoms. The van der Waals surface area contributed by atoms with Crippen LogP contribution in [-0.2, 0) is 0 Å². The summed E-state index contributed by atoms with van der Waals surface area (Å²) in [6.07, 6.45) is 1.70. The molecule has 16 heavy (non-hydrogen) atoms. The van der Waals surface area contributed by atoms with E-state index in [1.807, 2.05) is 6.07 Å². The molecule has 0 aliphatic carbocycles. The van der Waals surface area contributed by atoms with E-state index in [1.54, 1.807) is 18.2 Å². The van der Waals surface area contributed by atoms with Crippen LogP contribution in [0, 0.1) is 3.57 Å². The fourth-order valence-electron chi connectivity index (χ4n) is 1.15. The Morgan fingerprint density at radius 2 is 2.12 bits per heavy atom. The molecule has 0 bridgehead atoms. The third-order valence-corrected chi connectivity index (χ3v) is 3.17. The second-order valence-corrected chi connectivity index (χ2v) is 4.23. The Kier molecular flexibility index (Phi) is 4.27. The lowest BCUT2D eigenvalue weighted by Gasteiger charge is -2.22. The van der Waals surface area contributed by atoms with Crippen LogP contribution in [0.2, 0.25) is 0 Å². The van der Waals surface area contributed by atoms with Crippen LogP contribution in [0.15, 0.2) is 24.8 Å². The average Bonchev–Trinajstić information content (AvgIpc) is 2.27. The number of hydrogen-bond donors (Lipinski definition) is 2. The molecule has 5 nitrogen and oxygen atoms in total. The van der Waals surface area contributed by atoms with Gasteiger partial charge in [0.05, 0.1) is 5.69 Å². The van der Waals surface area contributed by atoms with Crippen LogP contribution in [-0.4, -0.2) is 18.1 Å². The van der Waals surface area contributed by atoms with Crippen molar-refractivity contribution in [2.24, 2.45) is 11.7 Å². The summed E-state index contributed by atoms with van der Waals surface area (Å²) in [5.74, 6) is 11.0. The summed E-state index contributed by atoms with van der Waals surface area (Å²) < 4.78 is 0.854. The third-order valence-electron chi connectivity index (χ3n) is 2.00. The van der Waals surface area contributed by atoms with Gasteiger partial charge in [-0.3, -0.25) is 5.01 Å². The number of benzene rings is 1. The number of hydrazine groups is 2. The first-order valence-electron chi connectivity index (χ1n) is 4.47. The third kappa shape index (κ3) is 2.52. The Labute approximate surface area is 108 Å². The van der Waals surface area contributed by atoms with E-state index in [2.05, 4.69) is 29.2 Å². The van der Waals surface area contributed by atoms with Gasteiger partial charge >= 0.3 is 6.03 Å². The highest BCUT2D eigenvalue weighted by molar-refractivity contribution is 14.1. The summed E-state index contributed by atoms with van der Waals surface area (Å²) in [7, 11) is 1.44. The molecule has 0 unspecified atom stereocenters. The molecular weight excluding hydrogens is 319 g/mol. The lowest BCUT2D eigenvalue weighted by molar-refractivity contribution is 0.216. The van der Waals surface area contributed by atoms with Crippen LogP contribution in [0.3, 0.4) is 0 Å². The number of amides is 2. The van der Waals surface area contributed by atoms with Gasteiger partial charge in [-0.15, -0.1) is 0 Å². The first-order valence-corrected chi connectivity index (χ1v) is 5.55. The molecule has 1 aromatic rings. The van der Waals surface area contributed by atoms with Gasteiger partial charge < -0.3 is 0 Å². The molecule has 0 saturated carbocycles. The lowest BCUT2D eigenvalue weighted by atomic mass is 10.2. The van der Waals surface area contributed by atoms with Gasteiger partial charge in [-0.25, -0.2) is 21.5 Å². The standard InChI is InChI=1S/C10H13IN4O/c1-3-7-5-4-6-8(9(7)11)15(13)10(16)14(2)12/h3-6H,1,12-13H2,2H3. The summed E-state index contributed by atoms with van der Waals surface area (Å²) in [5, 5.41) is 1.94. The van der Waals surface area contributed by atoms with E-state index < -0.39 is 6.03 Å². The number of carbonyl (C=O) groups excluding carboxylic acids is 1. The van der Waals surface area contributed by atoms with Crippen LogP contribution in [0.5, 0.6) is 0 Å². The van der Waals surface area contributed by atoms with Crippen LogP contribution < -0.4 is 16.7 Å². The SMILES string of the molecule is C=Cc1cccc(N(N)C(=O)N(C)N)c1I. The number of urea groups is 1. The second-order valence-electron chi connectivity index (χ2n) is 3.15. The summed E-state index contributed by atoms with van der Waals surface area (Å²) in [6, 6.07) is 4.95. The van der Waals surface area contributed by atoms with Gasteiger partial charge in [0.1, 0.15) is 0 Å². The molecule has 0 aliphatic heterocycles. The van der Waals surface area contributed by atoms with Crippen LogP contribution in [0.25, 0.3) is 6.08 Å². The maximum Gasteiger partial charge on any atom is 0.352 e. The Morgan fingerprint density at radius 1 is 1.50 bits per heavy atom. The van der Waals surface area contributed by atoms with Gasteiger partial charge in [0, 0.05) is 10.6 Å². The van der Waals surface area contributed by atoms with Gasteiger partial charge in [0.2, 0.25) is 0 Å². The summed E-state index contributed by atoms with van der Waals surface area (Å²) in [6.45, 7) is 3.69. The normalized spacial score (nSPS) is 9.75. The maximum atomic E-state index is 11.6. The highest BCUT2D eigenvalue weighted by atomic mass is 127. The quantitative estimate of drug-likeness (QED) is 0.373. The molecule has 0 fully saturated rings. The van der Waals surface area contributed by atoms with E-state index in [-0.39, 0.29) is 0 Å². The van der Waals surface area contributed by atoms with Crippen LogP contribution >= 0.6 is 22.6 Å². The molecule has 1 rings (SSSR count). The fraction of sp³-hybridized carbons (Fsp3) is 0.100. The summed E-state index contributed by atoms with van der Waals surface area (Å²) in [4.78, 5) is 11.6. The minimum absolute atomic E-state index is 0.487. The highest BCUT2D eigenvalue weighted by Crippen LogP contribution is 2.25. The molecule has 1 aromatic carbocycles. The Hall–Kier alpha value is -1.12. The first kappa shape index (κ1) is 12.9. The molecule has 0 heterocycles. The molecule has 0 aliphatic rings. The van der Waals surface area contributed by atoms with E-state index in [0.29, 0.717) is 5.69 Å². The average molecular weight is 332 g/mol.